The quantitative estimate of drug-likeness (QED) is 0.526. The largest absolute Gasteiger partial charge is 0.187 e. The van der Waals surface area contributed by atoms with Gasteiger partial charge in [0.05, 0.1) is 0 Å². The highest BCUT2D eigenvalue weighted by atomic mass is 27.0. The zero-order chi connectivity index (χ0) is 6.69. The molecular formula is C9H14Al. The van der Waals surface area contributed by atoms with Crippen molar-refractivity contribution < 1.29 is 0 Å². The number of rotatable bonds is 1. The van der Waals surface area contributed by atoms with E-state index < -0.39 is 0 Å². The van der Waals surface area contributed by atoms with Crippen LogP contribution in [0.5, 0.6) is 0 Å². The topological polar surface area (TPSA) is 0 Å². The minimum Gasteiger partial charge on any atom is -0.0614 e. The molecule has 0 spiro atoms. The van der Waals surface area contributed by atoms with Gasteiger partial charge in [-0.1, -0.05) is 25.1 Å². The third-order valence-electron chi connectivity index (χ3n) is 1.53. The summed E-state index contributed by atoms with van der Waals surface area (Å²) >= 11 is 0. The molecule has 0 nitrogen and oxygen atoms in total. The number of benzene rings is 1. The number of hydrogen-bond acceptors (Lipinski definition) is 0. The van der Waals surface area contributed by atoms with Crippen LogP contribution in [-0.4, -0.2) is 17.4 Å². The molecule has 1 rings (SSSR count). The van der Waals surface area contributed by atoms with E-state index in [9.17, 15) is 0 Å². The van der Waals surface area contributed by atoms with Crippen molar-refractivity contribution in [3.05, 3.63) is 35.4 Å². The van der Waals surface area contributed by atoms with Gasteiger partial charge in [0.25, 0.3) is 0 Å². The predicted octanol–water partition coefficient (Wildman–Crippen LogP) is 1.17. The molecule has 0 aliphatic heterocycles. The lowest BCUT2D eigenvalue weighted by Crippen LogP contribution is -1.83. The van der Waals surface area contributed by atoms with Crippen LogP contribution in [0.3, 0.4) is 0 Å². The summed E-state index contributed by atoms with van der Waals surface area (Å²) in [4.78, 5) is 0. The molecule has 0 saturated heterocycles. The summed E-state index contributed by atoms with van der Waals surface area (Å²) in [5, 5.41) is 0. The maximum atomic E-state index is 3.19. The SMILES string of the molecule is CCc1[c]cccc1C.[AlH3]. The van der Waals surface area contributed by atoms with Gasteiger partial charge in [-0.15, -0.1) is 0 Å². The van der Waals surface area contributed by atoms with Gasteiger partial charge in [0.1, 0.15) is 0 Å². The van der Waals surface area contributed by atoms with Crippen molar-refractivity contribution in [2.24, 2.45) is 0 Å². The average molecular weight is 149 g/mol. The maximum Gasteiger partial charge on any atom is 0.187 e. The molecule has 1 aromatic carbocycles. The summed E-state index contributed by atoms with van der Waals surface area (Å²) in [6.07, 6.45) is 1.09. The van der Waals surface area contributed by atoms with Crippen molar-refractivity contribution in [3.63, 3.8) is 0 Å². The molecule has 0 aliphatic carbocycles. The van der Waals surface area contributed by atoms with Crippen LogP contribution in [0, 0.1) is 13.0 Å². The fourth-order valence-electron chi connectivity index (χ4n) is 0.936. The van der Waals surface area contributed by atoms with Crippen LogP contribution in [-0.2, 0) is 6.42 Å². The fourth-order valence-corrected chi connectivity index (χ4v) is 0.936. The van der Waals surface area contributed by atoms with Crippen LogP contribution >= 0.6 is 0 Å². The van der Waals surface area contributed by atoms with Gasteiger partial charge in [0.2, 0.25) is 0 Å². The molecule has 0 atom stereocenters. The normalized spacial score (nSPS) is 8.60. The molecule has 0 heterocycles. The van der Waals surface area contributed by atoms with Crippen LogP contribution in [0.15, 0.2) is 18.2 Å². The van der Waals surface area contributed by atoms with E-state index >= 15 is 0 Å². The van der Waals surface area contributed by atoms with Crippen LogP contribution < -0.4 is 0 Å². The van der Waals surface area contributed by atoms with E-state index in [1.54, 1.807) is 0 Å². The number of hydrogen-bond donors (Lipinski definition) is 0. The highest BCUT2D eigenvalue weighted by Crippen LogP contribution is 2.05. The Bertz CT molecular complexity index is 194. The molecule has 0 N–H and O–H groups in total. The molecule has 0 bridgehead atoms. The smallest absolute Gasteiger partial charge is 0.0614 e. The summed E-state index contributed by atoms with van der Waals surface area (Å²) < 4.78 is 0. The minimum atomic E-state index is 0. The van der Waals surface area contributed by atoms with Crippen LogP contribution in [0.2, 0.25) is 0 Å². The molecule has 1 heteroatoms. The van der Waals surface area contributed by atoms with Crippen molar-refractivity contribution >= 4 is 17.4 Å². The molecule has 0 unspecified atom stereocenters. The second kappa shape index (κ2) is 4.55. The van der Waals surface area contributed by atoms with Gasteiger partial charge in [-0.25, -0.2) is 0 Å². The van der Waals surface area contributed by atoms with E-state index in [0.29, 0.717) is 0 Å². The molecule has 0 saturated carbocycles. The third kappa shape index (κ3) is 2.17. The van der Waals surface area contributed by atoms with Gasteiger partial charge in [0.15, 0.2) is 17.4 Å². The lowest BCUT2D eigenvalue weighted by molar-refractivity contribution is 1.11. The van der Waals surface area contributed by atoms with E-state index in [-0.39, 0.29) is 17.4 Å². The van der Waals surface area contributed by atoms with Crippen molar-refractivity contribution in [2.75, 3.05) is 0 Å². The molecule has 1 radical (unpaired) electrons. The van der Waals surface area contributed by atoms with Crippen molar-refractivity contribution in [1.82, 2.24) is 0 Å². The van der Waals surface area contributed by atoms with E-state index in [2.05, 4.69) is 26.0 Å². The molecule has 0 aromatic heterocycles. The molecule has 53 valence electrons. The Morgan fingerprint density at radius 3 is 2.60 bits per heavy atom. The van der Waals surface area contributed by atoms with Crippen LogP contribution in [0.1, 0.15) is 18.1 Å². The zero-order valence-corrected chi connectivity index (χ0v) is 5.94. The summed E-state index contributed by atoms with van der Waals surface area (Å²) in [7, 11) is 0. The molecule has 1 aromatic rings. The highest BCUT2D eigenvalue weighted by Gasteiger charge is 1.90. The standard InChI is InChI=1S/C9H11.Al.3H/c1-3-9-7-5-4-6-8(9)2;;;;/h4-6H,3H2,1-2H3;;;;. The first-order valence-electron chi connectivity index (χ1n) is 3.30. The van der Waals surface area contributed by atoms with E-state index in [4.69, 9.17) is 0 Å². The van der Waals surface area contributed by atoms with E-state index in [0.717, 1.165) is 6.42 Å². The monoisotopic (exact) mass is 149 g/mol. The van der Waals surface area contributed by atoms with E-state index in [1.165, 1.54) is 11.1 Å². The Morgan fingerprint density at radius 2 is 2.20 bits per heavy atom. The first-order chi connectivity index (χ1) is 4.34. The second-order valence-electron chi connectivity index (χ2n) is 2.19. The first kappa shape index (κ1) is 9.75. The Hall–Kier alpha value is -0.248. The van der Waals surface area contributed by atoms with Crippen LogP contribution in [0.25, 0.3) is 0 Å². The van der Waals surface area contributed by atoms with Crippen molar-refractivity contribution in [2.45, 2.75) is 20.3 Å². The van der Waals surface area contributed by atoms with Gasteiger partial charge < -0.3 is 0 Å². The first-order valence-corrected chi connectivity index (χ1v) is 3.30. The van der Waals surface area contributed by atoms with Crippen molar-refractivity contribution in [3.8, 4) is 0 Å². The highest BCUT2D eigenvalue weighted by molar-refractivity contribution is 5.75. The second-order valence-corrected chi connectivity index (χ2v) is 2.19. The molecule has 10 heavy (non-hydrogen) atoms. The Morgan fingerprint density at radius 1 is 1.50 bits per heavy atom. The summed E-state index contributed by atoms with van der Waals surface area (Å²) in [6.45, 7) is 4.27. The molecule has 0 amide bonds. The summed E-state index contributed by atoms with van der Waals surface area (Å²) in [6, 6.07) is 9.29. The molecular weight excluding hydrogens is 135 g/mol. The van der Waals surface area contributed by atoms with Crippen molar-refractivity contribution in [1.29, 1.82) is 0 Å². The van der Waals surface area contributed by atoms with Gasteiger partial charge in [-0.05, 0) is 30.5 Å². The molecule has 0 fully saturated rings. The lowest BCUT2D eigenvalue weighted by atomic mass is 10.1. The van der Waals surface area contributed by atoms with Gasteiger partial charge in [0, 0.05) is 0 Å². The average Bonchev–Trinajstić information content (AvgIpc) is 1.89. The van der Waals surface area contributed by atoms with E-state index in [1.807, 2.05) is 12.1 Å². The summed E-state index contributed by atoms with van der Waals surface area (Å²) in [5.41, 5.74) is 2.68. The van der Waals surface area contributed by atoms with Gasteiger partial charge in [-0.2, -0.15) is 0 Å². The summed E-state index contributed by atoms with van der Waals surface area (Å²) in [5.74, 6) is 0. The van der Waals surface area contributed by atoms with Gasteiger partial charge in [-0.3, -0.25) is 0 Å². The predicted molar refractivity (Wildman–Crippen MR) is 49.3 cm³/mol. The minimum absolute atomic E-state index is 0. The maximum absolute atomic E-state index is 3.19. The molecule has 0 aliphatic rings. The fraction of sp³-hybridized carbons (Fsp3) is 0.333. The third-order valence-corrected chi connectivity index (χ3v) is 1.53. The Kier molecular flexibility index (Phi) is 4.44. The van der Waals surface area contributed by atoms with Crippen LogP contribution in [0.4, 0.5) is 0 Å². The Labute approximate surface area is 73.4 Å². The zero-order valence-electron chi connectivity index (χ0n) is 5.94. The van der Waals surface area contributed by atoms with Gasteiger partial charge >= 0.3 is 0 Å². The lowest BCUT2D eigenvalue weighted by Gasteiger charge is -1.97. The number of aryl methyl sites for hydroxylation is 2. The Balaban J connectivity index is 0.000000810.